The first-order valence-corrected chi connectivity index (χ1v) is 8.74. The average molecular weight is 363 g/mol. The number of ether oxygens (including phenoxy) is 1. The predicted molar refractivity (Wildman–Crippen MR) is 92.0 cm³/mol. The molecule has 3 rings (SSSR count). The van der Waals surface area contributed by atoms with Gasteiger partial charge in [0.1, 0.15) is 15.7 Å². The molecule has 0 radical (unpaired) electrons. The molecule has 0 aliphatic carbocycles. The van der Waals surface area contributed by atoms with E-state index < -0.39 is 0 Å². The van der Waals surface area contributed by atoms with Crippen molar-refractivity contribution in [1.29, 1.82) is 0 Å². The Morgan fingerprint density at radius 3 is 2.64 bits per heavy atom. The molecule has 1 saturated heterocycles. The van der Waals surface area contributed by atoms with Gasteiger partial charge in [0.2, 0.25) is 0 Å². The van der Waals surface area contributed by atoms with Gasteiger partial charge in [-0.15, -0.1) is 11.3 Å². The van der Waals surface area contributed by atoms with E-state index in [1.165, 1.54) is 30.7 Å². The molecule has 2 amide bonds. The Hall–Kier alpha value is -2.48. The number of carbonyl (C=O) groups excluding carboxylic acids is 2. The summed E-state index contributed by atoms with van der Waals surface area (Å²) in [4.78, 5) is 32.2. The van der Waals surface area contributed by atoms with Crippen LogP contribution in [0.15, 0.2) is 30.5 Å². The molecule has 1 aromatic heterocycles. The summed E-state index contributed by atoms with van der Waals surface area (Å²) in [7, 11) is 1.34. The fourth-order valence-corrected chi connectivity index (χ4v) is 3.63. The van der Waals surface area contributed by atoms with E-state index in [0.717, 1.165) is 0 Å². The lowest BCUT2D eigenvalue weighted by Crippen LogP contribution is -2.37. The van der Waals surface area contributed by atoms with Crippen LogP contribution in [0.4, 0.5) is 9.18 Å². The molecule has 0 unspecified atom stereocenters. The molecule has 1 fully saturated rings. The number of thiazole rings is 1. The molecule has 1 aliphatic rings. The zero-order valence-corrected chi connectivity index (χ0v) is 14.6. The van der Waals surface area contributed by atoms with Crippen molar-refractivity contribution in [3.05, 3.63) is 41.2 Å². The number of amides is 2. The van der Waals surface area contributed by atoms with Crippen LogP contribution in [0.25, 0.3) is 10.6 Å². The van der Waals surface area contributed by atoms with E-state index in [0.29, 0.717) is 48.0 Å². The van der Waals surface area contributed by atoms with E-state index in [1.807, 2.05) is 0 Å². The van der Waals surface area contributed by atoms with Gasteiger partial charge in [-0.05, 0) is 18.6 Å². The Kier molecular flexibility index (Phi) is 5.28. The fraction of sp³-hybridized carbons (Fsp3) is 0.353. The van der Waals surface area contributed by atoms with Gasteiger partial charge in [0.15, 0.2) is 0 Å². The molecule has 6 nitrogen and oxygen atoms in total. The van der Waals surface area contributed by atoms with E-state index in [2.05, 4.69) is 4.98 Å². The van der Waals surface area contributed by atoms with Crippen molar-refractivity contribution in [3.63, 3.8) is 0 Å². The normalized spacial score (nSPS) is 15.0. The highest BCUT2D eigenvalue weighted by atomic mass is 32.1. The maximum Gasteiger partial charge on any atom is 0.409 e. The number of benzene rings is 1. The van der Waals surface area contributed by atoms with Crippen LogP contribution < -0.4 is 0 Å². The Balaban J connectivity index is 1.72. The number of hydrogen-bond acceptors (Lipinski definition) is 5. The van der Waals surface area contributed by atoms with Gasteiger partial charge in [0.25, 0.3) is 5.91 Å². The SMILES string of the molecule is COC(=O)N1CCCN(C(=O)c2cnc(-c3ccccc3F)s2)CC1. The maximum absolute atomic E-state index is 13.9. The van der Waals surface area contributed by atoms with Gasteiger partial charge in [-0.1, -0.05) is 12.1 Å². The van der Waals surface area contributed by atoms with Gasteiger partial charge in [-0.3, -0.25) is 4.79 Å². The van der Waals surface area contributed by atoms with Crippen LogP contribution in [0.3, 0.4) is 0 Å². The number of carbonyl (C=O) groups is 2. The van der Waals surface area contributed by atoms with Crippen molar-refractivity contribution in [1.82, 2.24) is 14.8 Å². The molecule has 1 aliphatic heterocycles. The summed E-state index contributed by atoms with van der Waals surface area (Å²) in [6.07, 6.45) is 1.78. The van der Waals surface area contributed by atoms with Gasteiger partial charge < -0.3 is 14.5 Å². The smallest absolute Gasteiger partial charge is 0.409 e. The molecule has 2 aromatic rings. The molecule has 0 bridgehead atoms. The molecule has 0 spiro atoms. The molecule has 0 N–H and O–H groups in total. The molecule has 8 heteroatoms. The van der Waals surface area contributed by atoms with Crippen molar-refractivity contribution in [2.24, 2.45) is 0 Å². The highest BCUT2D eigenvalue weighted by Gasteiger charge is 2.24. The van der Waals surface area contributed by atoms with E-state index in [9.17, 15) is 14.0 Å². The first-order chi connectivity index (χ1) is 12.1. The Morgan fingerprint density at radius 2 is 1.88 bits per heavy atom. The first kappa shape index (κ1) is 17.3. The lowest BCUT2D eigenvalue weighted by Gasteiger charge is -2.20. The molecule has 0 saturated carbocycles. The van der Waals surface area contributed by atoms with Crippen molar-refractivity contribution in [2.45, 2.75) is 6.42 Å². The third kappa shape index (κ3) is 3.79. The first-order valence-electron chi connectivity index (χ1n) is 7.93. The summed E-state index contributed by atoms with van der Waals surface area (Å²) in [5, 5.41) is 0.479. The van der Waals surface area contributed by atoms with E-state index in [-0.39, 0.29) is 17.8 Å². The second-order valence-corrected chi connectivity index (χ2v) is 6.64. The minimum absolute atomic E-state index is 0.146. The number of aromatic nitrogens is 1. The van der Waals surface area contributed by atoms with Crippen LogP contribution in [0.1, 0.15) is 16.1 Å². The van der Waals surface area contributed by atoms with Crippen LogP contribution in [-0.4, -0.2) is 60.1 Å². The zero-order chi connectivity index (χ0) is 17.8. The van der Waals surface area contributed by atoms with Crippen molar-refractivity contribution < 1.29 is 18.7 Å². The lowest BCUT2D eigenvalue weighted by atomic mass is 10.2. The quantitative estimate of drug-likeness (QED) is 0.823. The van der Waals surface area contributed by atoms with Crippen LogP contribution >= 0.6 is 11.3 Å². The van der Waals surface area contributed by atoms with Crippen LogP contribution in [0.2, 0.25) is 0 Å². The largest absolute Gasteiger partial charge is 0.453 e. The van der Waals surface area contributed by atoms with Gasteiger partial charge in [-0.2, -0.15) is 0 Å². The second kappa shape index (κ2) is 7.60. The topological polar surface area (TPSA) is 62.7 Å². The number of nitrogens with zero attached hydrogens (tertiary/aromatic N) is 3. The molecular weight excluding hydrogens is 345 g/mol. The number of hydrogen-bond donors (Lipinski definition) is 0. The summed E-state index contributed by atoms with van der Waals surface area (Å²) in [6.45, 7) is 1.97. The van der Waals surface area contributed by atoms with E-state index in [4.69, 9.17) is 4.74 Å². The van der Waals surface area contributed by atoms with E-state index >= 15 is 0 Å². The van der Waals surface area contributed by atoms with Crippen molar-refractivity contribution >= 4 is 23.3 Å². The van der Waals surface area contributed by atoms with Crippen molar-refractivity contribution in [2.75, 3.05) is 33.3 Å². The van der Waals surface area contributed by atoms with Crippen LogP contribution in [0, 0.1) is 5.82 Å². The van der Waals surface area contributed by atoms with Gasteiger partial charge in [0, 0.05) is 31.7 Å². The monoisotopic (exact) mass is 363 g/mol. The highest BCUT2D eigenvalue weighted by Crippen LogP contribution is 2.28. The molecule has 2 heterocycles. The molecule has 132 valence electrons. The highest BCUT2D eigenvalue weighted by molar-refractivity contribution is 7.16. The van der Waals surface area contributed by atoms with E-state index in [1.54, 1.807) is 28.0 Å². The molecule has 25 heavy (non-hydrogen) atoms. The average Bonchev–Trinajstić information content (AvgIpc) is 2.98. The summed E-state index contributed by atoms with van der Waals surface area (Å²) in [6, 6.07) is 6.36. The van der Waals surface area contributed by atoms with Crippen LogP contribution in [-0.2, 0) is 4.74 Å². The van der Waals surface area contributed by atoms with Gasteiger partial charge in [-0.25, -0.2) is 14.2 Å². The predicted octanol–water partition coefficient (Wildman–Crippen LogP) is 2.86. The van der Waals surface area contributed by atoms with Gasteiger partial charge >= 0.3 is 6.09 Å². The number of rotatable bonds is 2. The molecule has 0 atom stereocenters. The third-order valence-corrected chi connectivity index (χ3v) is 5.06. The number of methoxy groups -OCH3 is 1. The lowest BCUT2D eigenvalue weighted by molar-refractivity contribution is 0.0761. The minimum Gasteiger partial charge on any atom is -0.453 e. The van der Waals surface area contributed by atoms with Crippen LogP contribution in [0.5, 0.6) is 0 Å². The zero-order valence-electron chi connectivity index (χ0n) is 13.8. The summed E-state index contributed by atoms with van der Waals surface area (Å²) < 4.78 is 18.6. The molecular formula is C17H18FN3O3S. The Labute approximate surface area is 148 Å². The standard InChI is InChI=1S/C17H18FN3O3S/c1-24-17(23)21-8-4-7-20(9-10-21)16(22)14-11-19-15(25-14)12-5-2-3-6-13(12)18/h2-3,5-6,11H,4,7-10H2,1H3. The fourth-order valence-electron chi connectivity index (χ4n) is 2.72. The Morgan fingerprint density at radius 1 is 1.16 bits per heavy atom. The summed E-state index contributed by atoms with van der Waals surface area (Å²) >= 11 is 1.17. The summed E-state index contributed by atoms with van der Waals surface area (Å²) in [5.41, 5.74) is 0.388. The molecule has 1 aromatic carbocycles. The van der Waals surface area contributed by atoms with Gasteiger partial charge in [0.05, 0.1) is 13.3 Å². The van der Waals surface area contributed by atoms with Crippen molar-refractivity contribution in [3.8, 4) is 10.6 Å². The summed E-state index contributed by atoms with van der Waals surface area (Å²) in [5.74, 6) is -0.508. The second-order valence-electron chi connectivity index (χ2n) is 5.61. The number of halogens is 1. The third-order valence-electron chi connectivity index (χ3n) is 4.04. The Bertz CT molecular complexity index is 780. The minimum atomic E-state index is -0.381. The maximum atomic E-state index is 13.9.